The predicted octanol–water partition coefficient (Wildman–Crippen LogP) is 1.82. The molecular formula is C15H23NO2. The Morgan fingerprint density at radius 3 is 2.83 bits per heavy atom. The summed E-state index contributed by atoms with van der Waals surface area (Å²) >= 11 is 0. The molecule has 0 aromatic heterocycles. The van der Waals surface area contributed by atoms with Crippen LogP contribution >= 0.6 is 0 Å². The average Bonchev–Trinajstić information content (AvgIpc) is 2.42. The summed E-state index contributed by atoms with van der Waals surface area (Å²) in [4.78, 5) is 0. The van der Waals surface area contributed by atoms with Gasteiger partial charge in [0.25, 0.3) is 0 Å². The molecule has 3 N–H and O–H groups in total. The third-order valence-electron chi connectivity index (χ3n) is 3.93. The van der Waals surface area contributed by atoms with Gasteiger partial charge in [0.05, 0.1) is 12.7 Å². The van der Waals surface area contributed by atoms with E-state index in [1.807, 2.05) is 12.1 Å². The summed E-state index contributed by atoms with van der Waals surface area (Å²) < 4.78 is 5.46. The quantitative estimate of drug-likeness (QED) is 0.856. The average molecular weight is 249 g/mol. The van der Waals surface area contributed by atoms with Gasteiger partial charge in [0.1, 0.15) is 0 Å². The van der Waals surface area contributed by atoms with Gasteiger partial charge >= 0.3 is 0 Å². The molecule has 1 heterocycles. The number of hydrogen-bond donors (Lipinski definition) is 2. The molecule has 3 unspecified atom stereocenters. The van der Waals surface area contributed by atoms with Crippen molar-refractivity contribution in [3.8, 4) is 0 Å². The molecule has 0 aliphatic carbocycles. The zero-order chi connectivity index (χ0) is 13.0. The van der Waals surface area contributed by atoms with Crippen LogP contribution in [0, 0.1) is 12.8 Å². The first-order valence-corrected chi connectivity index (χ1v) is 6.75. The molecule has 1 saturated heterocycles. The molecule has 0 amide bonds. The summed E-state index contributed by atoms with van der Waals surface area (Å²) in [6.07, 6.45) is 1.66. The van der Waals surface area contributed by atoms with Gasteiger partial charge in [0.2, 0.25) is 0 Å². The van der Waals surface area contributed by atoms with E-state index < -0.39 is 6.10 Å². The van der Waals surface area contributed by atoms with E-state index in [1.165, 1.54) is 5.56 Å². The minimum absolute atomic E-state index is 0.0119. The van der Waals surface area contributed by atoms with Gasteiger partial charge in [-0.1, -0.05) is 24.3 Å². The van der Waals surface area contributed by atoms with Gasteiger partial charge in [-0.05, 0) is 30.9 Å². The molecule has 0 radical (unpaired) electrons. The topological polar surface area (TPSA) is 55.5 Å². The lowest BCUT2D eigenvalue weighted by molar-refractivity contribution is -0.0185. The van der Waals surface area contributed by atoms with Crippen molar-refractivity contribution < 1.29 is 9.84 Å². The minimum Gasteiger partial charge on any atom is -0.392 e. The molecule has 3 heteroatoms. The van der Waals surface area contributed by atoms with Crippen LogP contribution in [0.25, 0.3) is 0 Å². The zero-order valence-electron chi connectivity index (χ0n) is 11.0. The Kier molecular flexibility index (Phi) is 4.75. The standard InChI is InChI=1S/C15H23NO2/c1-11-5-2-3-7-13(11)14(9-16)15(17)12-6-4-8-18-10-12/h2-3,5,7,12,14-15,17H,4,6,8-10,16H2,1H3. The fraction of sp³-hybridized carbons (Fsp3) is 0.600. The number of nitrogens with two attached hydrogens (primary N) is 1. The van der Waals surface area contributed by atoms with Crippen LogP contribution in [-0.2, 0) is 4.74 Å². The molecule has 2 rings (SSSR count). The normalized spacial score (nSPS) is 23.6. The first-order chi connectivity index (χ1) is 8.74. The van der Waals surface area contributed by atoms with Crippen molar-refractivity contribution in [1.29, 1.82) is 0 Å². The highest BCUT2D eigenvalue weighted by Crippen LogP contribution is 2.29. The van der Waals surface area contributed by atoms with Crippen molar-refractivity contribution >= 4 is 0 Å². The van der Waals surface area contributed by atoms with Crippen molar-refractivity contribution in [3.05, 3.63) is 35.4 Å². The Morgan fingerprint density at radius 1 is 1.44 bits per heavy atom. The van der Waals surface area contributed by atoms with E-state index in [0.717, 1.165) is 25.0 Å². The molecule has 3 atom stereocenters. The lowest BCUT2D eigenvalue weighted by Crippen LogP contribution is -2.37. The van der Waals surface area contributed by atoms with Crippen molar-refractivity contribution in [2.24, 2.45) is 11.7 Å². The number of aliphatic hydroxyl groups excluding tert-OH is 1. The van der Waals surface area contributed by atoms with E-state index in [1.54, 1.807) is 0 Å². The van der Waals surface area contributed by atoms with Crippen LogP contribution in [0.1, 0.15) is 29.9 Å². The molecule has 1 aliphatic rings. The summed E-state index contributed by atoms with van der Waals surface area (Å²) in [5, 5.41) is 10.6. The summed E-state index contributed by atoms with van der Waals surface area (Å²) in [6.45, 7) is 4.02. The van der Waals surface area contributed by atoms with Crippen LogP contribution in [-0.4, -0.2) is 31.0 Å². The van der Waals surface area contributed by atoms with Gasteiger partial charge in [0, 0.05) is 25.0 Å². The van der Waals surface area contributed by atoms with E-state index in [9.17, 15) is 5.11 Å². The van der Waals surface area contributed by atoms with Gasteiger partial charge in [0.15, 0.2) is 0 Å². The Labute approximate surface area is 109 Å². The van der Waals surface area contributed by atoms with Crippen LogP contribution in [0.2, 0.25) is 0 Å². The smallest absolute Gasteiger partial charge is 0.0671 e. The lowest BCUT2D eigenvalue weighted by Gasteiger charge is -2.32. The number of benzene rings is 1. The zero-order valence-corrected chi connectivity index (χ0v) is 11.0. The van der Waals surface area contributed by atoms with Gasteiger partial charge in [-0.3, -0.25) is 0 Å². The predicted molar refractivity (Wildman–Crippen MR) is 72.5 cm³/mol. The maximum atomic E-state index is 10.6. The van der Waals surface area contributed by atoms with Crippen molar-refractivity contribution in [3.63, 3.8) is 0 Å². The number of ether oxygens (including phenoxy) is 1. The van der Waals surface area contributed by atoms with Crippen LogP contribution in [0.3, 0.4) is 0 Å². The molecule has 0 bridgehead atoms. The van der Waals surface area contributed by atoms with Gasteiger partial charge < -0.3 is 15.6 Å². The Hall–Kier alpha value is -0.900. The molecule has 0 saturated carbocycles. The number of aliphatic hydroxyl groups is 1. The van der Waals surface area contributed by atoms with E-state index >= 15 is 0 Å². The molecule has 100 valence electrons. The van der Waals surface area contributed by atoms with Crippen LogP contribution < -0.4 is 5.73 Å². The Balaban J connectivity index is 2.14. The Morgan fingerprint density at radius 2 is 2.22 bits per heavy atom. The molecule has 1 aliphatic heterocycles. The highest BCUT2D eigenvalue weighted by Gasteiger charge is 2.30. The maximum absolute atomic E-state index is 10.6. The number of aryl methyl sites for hydroxylation is 1. The van der Waals surface area contributed by atoms with Gasteiger partial charge in [-0.15, -0.1) is 0 Å². The second-order valence-electron chi connectivity index (χ2n) is 5.17. The van der Waals surface area contributed by atoms with E-state index in [-0.39, 0.29) is 11.8 Å². The van der Waals surface area contributed by atoms with Crippen molar-refractivity contribution in [2.75, 3.05) is 19.8 Å². The Bertz CT molecular complexity index is 375. The van der Waals surface area contributed by atoms with E-state index in [0.29, 0.717) is 13.2 Å². The van der Waals surface area contributed by atoms with Crippen LogP contribution in [0.4, 0.5) is 0 Å². The highest BCUT2D eigenvalue weighted by atomic mass is 16.5. The molecule has 18 heavy (non-hydrogen) atoms. The summed E-state index contributed by atoms with van der Waals surface area (Å²) in [5.41, 5.74) is 8.24. The second-order valence-corrected chi connectivity index (χ2v) is 5.17. The van der Waals surface area contributed by atoms with Crippen molar-refractivity contribution in [2.45, 2.75) is 31.8 Å². The fourth-order valence-electron chi connectivity index (χ4n) is 2.82. The minimum atomic E-state index is -0.406. The molecular weight excluding hydrogens is 226 g/mol. The summed E-state index contributed by atoms with van der Waals surface area (Å²) in [6, 6.07) is 8.17. The largest absolute Gasteiger partial charge is 0.392 e. The maximum Gasteiger partial charge on any atom is 0.0671 e. The highest BCUT2D eigenvalue weighted by molar-refractivity contribution is 5.30. The molecule has 0 spiro atoms. The monoisotopic (exact) mass is 249 g/mol. The van der Waals surface area contributed by atoms with E-state index in [4.69, 9.17) is 10.5 Å². The first-order valence-electron chi connectivity index (χ1n) is 6.75. The molecule has 3 nitrogen and oxygen atoms in total. The summed E-state index contributed by atoms with van der Waals surface area (Å²) in [7, 11) is 0. The fourth-order valence-corrected chi connectivity index (χ4v) is 2.82. The summed E-state index contributed by atoms with van der Waals surface area (Å²) in [5.74, 6) is 0.227. The SMILES string of the molecule is Cc1ccccc1C(CN)C(O)C1CCCOC1. The number of rotatable bonds is 4. The van der Waals surface area contributed by atoms with Gasteiger partial charge in [-0.25, -0.2) is 0 Å². The third-order valence-corrected chi connectivity index (χ3v) is 3.93. The van der Waals surface area contributed by atoms with Crippen LogP contribution in [0.15, 0.2) is 24.3 Å². The second kappa shape index (κ2) is 6.32. The lowest BCUT2D eigenvalue weighted by atomic mass is 9.82. The molecule has 1 fully saturated rings. The molecule has 1 aromatic rings. The first kappa shape index (κ1) is 13.5. The van der Waals surface area contributed by atoms with Gasteiger partial charge in [-0.2, -0.15) is 0 Å². The molecule has 1 aromatic carbocycles. The van der Waals surface area contributed by atoms with Crippen LogP contribution in [0.5, 0.6) is 0 Å². The third kappa shape index (κ3) is 2.91. The van der Waals surface area contributed by atoms with E-state index in [2.05, 4.69) is 19.1 Å². The van der Waals surface area contributed by atoms with Crippen molar-refractivity contribution in [1.82, 2.24) is 0 Å². The number of hydrogen-bond acceptors (Lipinski definition) is 3.